The van der Waals surface area contributed by atoms with Crippen LogP contribution in [0.3, 0.4) is 0 Å². The van der Waals surface area contributed by atoms with Gasteiger partial charge in [-0.3, -0.25) is 4.79 Å². The van der Waals surface area contributed by atoms with Gasteiger partial charge >= 0.3 is 0 Å². The van der Waals surface area contributed by atoms with Gasteiger partial charge in [0, 0.05) is 19.3 Å². The molecule has 2 N–H and O–H groups in total. The topological polar surface area (TPSA) is 66.8 Å². The Morgan fingerprint density at radius 1 is 1.04 bits per heavy atom. The third kappa shape index (κ3) is 8.13. The molecule has 2 aromatic rings. The molecule has 28 heavy (non-hydrogen) atoms. The summed E-state index contributed by atoms with van der Waals surface area (Å²) in [7, 11) is 0. The van der Waals surface area contributed by atoms with E-state index in [1.165, 1.54) is 5.56 Å². The van der Waals surface area contributed by atoms with Crippen molar-refractivity contribution < 1.29 is 19.7 Å². The Morgan fingerprint density at radius 2 is 1.82 bits per heavy atom. The number of carbonyl (C=O) groups is 1. The summed E-state index contributed by atoms with van der Waals surface area (Å²) in [5, 5.41) is 19.9. The smallest absolute Gasteiger partial charge is 0.161 e. The summed E-state index contributed by atoms with van der Waals surface area (Å²) < 4.78 is 5.73. The number of rotatable bonds is 13. The highest BCUT2D eigenvalue weighted by Crippen LogP contribution is 2.27. The molecule has 0 saturated carbocycles. The molecule has 0 aliphatic heterocycles. The zero-order valence-corrected chi connectivity index (χ0v) is 16.8. The van der Waals surface area contributed by atoms with Gasteiger partial charge in [-0.25, -0.2) is 0 Å². The summed E-state index contributed by atoms with van der Waals surface area (Å²) in [5.41, 5.74) is 2.13. The lowest BCUT2D eigenvalue weighted by molar-refractivity contribution is -0.121. The van der Waals surface area contributed by atoms with Gasteiger partial charge in [-0.15, -0.1) is 0 Å². The van der Waals surface area contributed by atoms with Crippen molar-refractivity contribution >= 4 is 5.78 Å². The fourth-order valence-corrected chi connectivity index (χ4v) is 3.13. The fourth-order valence-electron chi connectivity index (χ4n) is 3.13. The molecule has 0 heterocycles. The van der Waals surface area contributed by atoms with Crippen molar-refractivity contribution in [1.29, 1.82) is 0 Å². The predicted molar refractivity (Wildman–Crippen MR) is 112 cm³/mol. The number of hydrogen-bond acceptors (Lipinski definition) is 4. The lowest BCUT2D eigenvalue weighted by Crippen LogP contribution is -2.13. The van der Waals surface area contributed by atoms with E-state index in [0.29, 0.717) is 31.6 Å². The second-order valence-electron chi connectivity index (χ2n) is 7.28. The number of ether oxygens (including phenoxy) is 1. The quantitative estimate of drug-likeness (QED) is 0.485. The van der Waals surface area contributed by atoms with Crippen LogP contribution in [-0.4, -0.2) is 28.7 Å². The molecule has 0 amide bonds. The first-order chi connectivity index (χ1) is 13.6. The molecule has 4 heteroatoms. The summed E-state index contributed by atoms with van der Waals surface area (Å²) in [6.07, 6.45) is 5.28. The first-order valence-electron chi connectivity index (χ1n) is 10.3. The summed E-state index contributed by atoms with van der Waals surface area (Å²) in [6.45, 7) is 2.60. The number of hydrogen-bond donors (Lipinski definition) is 2. The van der Waals surface area contributed by atoms with Gasteiger partial charge in [-0.05, 0) is 36.1 Å². The van der Waals surface area contributed by atoms with Gasteiger partial charge < -0.3 is 14.9 Å². The molecule has 0 aliphatic rings. The molecular formula is C24H32O4. The van der Waals surface area contributed by atoms with Crippen molar-refractivity contribution in [3.63, 3.8) is 0 Å². The average Bonchev–Trinajstić information content (AvgIpc) is 2.69. The highest BCUT2D eigenvalue weighted by Gasteiger charge is 2.12. The van der Waals surface area contributed by atoms with Gasteiger partial charge in [0.05, 0.1) is 12.7 Å². The van der Waals surface area contributed by atoms with Crippen molar-refractivity contribution in [2.45, 2.75) is 64.4 Å². The van der Waals surface area contributed by atoms with Crippen LogP contribution in [0.25, 0.3) is 0 Å². The minimum Gasteiger partial charge on any atom is -0.504 e. The second kappa shape index (κ2) is 12.2. The van der Waals surface area contributed by atoms with Crippen LogP contribution < -0.4 is 4.74 Å². The van der Waals surface area contributed by atoms with E-state index in [9.17, 15) is 15.0 Å². The molecule has 1 atom stereocenters. The average molecular weight is 385 g/mol. The molecule has 0 aromatic heterocycles. The van der Waals surface area contributed by atoms with Crippen molar-refractivity contribution in [3.8, 4) is 11.5 Å². The van der Waals surface area contributed by atoms with E-state index >= 15 is 0 Å². The van der Waals surface area contributed by atoms with Crippen molar-refractivity contribution in [1.82, 2.24) is 0 Å². The number of phenols is 1. The first kappa shape index (κ1) is 22.0. The summed E-state index contributed by atoms with van der Waals surface area (Å²) in [6, 6.07) is 15.3. The van der Waals surface area contributed by atoms with E-state index in [1.54, 1.807) is 12.1 Å². The van der Waals surface area contributed by atoms with Crippen molar-refractivity contribution in [3.05, 3.63) is 59.7 Å². The van der Waals surface area contributed by atoms with Crippen molar-refractivity contribution in [2.75, 3.05) is 6.61 Å². The first-order valence-corrected chi connectivity index (χ1v) is 10.3. The fraction of sp³-hybridized carbons (Fsp3) is 0.458. The molecule has 0 radical (unpaired) electrons. The normalized spacial score (nSPS) is 11.9. The number of Topliss-reactive ketones (excluding diaryl/α,β-unsaturated/α-hetero) is 1. The van der Waals surface area contributed by atoms with Crippen molar-refractivity contribution in [2.24, 2.45) is 0 Å². The van der Waals surface area contributed by atoms with Gasteiger partial charge in [-0.1, -0.05) is 62.6 Å². The molecule has 0 bridgehead atoms. The van der Waals surface area contributed by atoms with E-state index in [-0.39, 0.29) is 18.0 Å². The van der Waals surface area contributed by atoms with E-state index in [0.717, 1.165) is 31.2 Å². The molecule has 0 saturated heterocycles. The van der Waals surface area contributed by atoms with Gasteiger partial charge in [-0.2, -0.15) is 0 Å². The Bertz CT molecular complexity index is 712. The molecule has 1 unspecified atom stereocenters. The summed E-state index contributed by atoms with van der Waals surface area (Å²) in [4.78, 5) is 12.1. The molecule has 2 rings (SSSR count). The Kier molecular flexibility index (Phi) is 9.56. The molecule has 0 aliphatic carbocycles. The number of ketones is 1. The van der Waals surface area contributed by atoms with Gasteiger partial charge in [0.25, 0.3) is 0 Å². The number of benzene rings is 2. The van der Waals surface area contributed by atoms with Gasteiger partial charge in [0.1, 0.15) is 5.78 Å². The predicted octanol–water partition coefficient (Wildman–Crippen LogP) is 4.85. The number of aliphatic hydroxyl groups excluding tert-OH is 1. The summed E-state index contributed by atoms with van der Waals surface area (Å²) >= 11 is 0. The minimum absolute atomic E-state index is 0.0728. The van der Waals surface area contributed by atoms with Crippen LogP contribution in [0.1, 0.15) is 56.6 Å². The van der Waals surface area contributed by atoms with E-state index in [2.05, 4.69) is 6.92 Å². The Balaban J connectivity index is 1.77. The lowest BCUT2D eigenvalue weighted by atomic mass is 10.0. The molecule has 0 spiro atoms. The maximum Gasteiger partial charge on any atom is 0.161 e. The van der Waals surface area contributed by atoms with E-state index < -0.39 is 6.10 Å². The summed E-state index contributed by atoms with van der Waals surface area (Å²) in [5.74, 6) is 0.624. The Hall–Kier alpha value is -2.33. The molecule has 152 valence electrons. The largest absolute Gasteiger partial charge is 0.504 e. The SMILES string of the molecule is CCCCCC(O)CC(=O)CCc1ccc(O)c(OCCc2ccccc2)c1. The molecule has 2 aromatic carbocycles. The zero-order valence-electron chi connectivity index (χ0n) is 16.8. The number of aliphatic hydroxyl groups is 1. The highest BCUT2D eigenvalue weighted by molar-refractivity contribution is 5.79. The maximum atomic E-state index is 12.1. The van der Waals surface area contributed by atoms with Crippen LogP contribution in [0, 0.1) is 0 Å². The van der Waals surface area contributed by atoms with E-state index in [4.69, 9.17) is 4.74 Å². The van der Waals surface area contributed by atoms with Crippen LogP contribution in [0.5, 0.6) is 11.5 Å². The Labute approximate surface area is 168 Å². The number of aryl methyl sites for hydroxylation is 1. The minimum atomic E-state index is -0.532. The van der Waals surface area contributed by atoms with Gasteiger partial charge in [0.2, 0.25) is 0 Å². The van der Waals surface area contributed by atoms with Gasteiger partial charge in [0.15, 0.2) is 11.5 Å². The maximum absolute atomic E-state index is 12.1. The molecule has 0 fully saturated rings. The number of aromatic hydroxyl groups is 1. The van der Waals surface area contributed by atoms with Crippen LogP contribution in [0.2, 0.25) is 0 Å². The number of carbonyl (C=O) groups excluding carboxylic acids is 1. The third-order valence-electron chi connectivity index (χ3n) is 4.81. The monoisotopic (exact) mass is 384 g/mol. The number of phenolic OH excluding ortho intramolecular Hbond substituents is 1. The van der Waals surface area contributed by atoms with Crippen LogP contribution in [-0.2, 0) is 17.6 Å². The number of unbranched alkanes of at least 4 members (excludes halogenated alkanes) is 2. The molecule has 4 nitrogen and oxygen atoms in total. The van der Waals surface area contributed by atoms with Crippen LogP contribution in [0.4, 0.5) is 0 Å². The van der Waals surface area contributed by atoms with Crippen LogP contribution >= 0.6 is 0 Å². The highest BCUT2D eigenvalue weighted by atomic mass is 16.5. The third-order valence-corrected chi connectivity index (χ3v) is 4.81. The van der Waals surface area contributed by atoms with Crippen LogP contribution in [0.15, 0.2) is 48.5 Å². The Morgan fingerprint density at radius 3 is 2.57 bits per heavy atom. The zero-order chi connectivity index (χ0) is 20.2. The lowest BCUT2D eigenvalue weighted by Gasteiger charge is -2.11. The second-order valence-corrected chi connectivity index (χ2v) is 7.28. The van der Waals surface area contributed by atoms with E-state index in [1.807, 2.05) is 36.4 Å². The molecular weight excluding hydrogens is 352 g/mol. The standard InChI is InChI=1S/C24H32O4/c1-2-3-5-10-21(25)18-22(26)13-11-20-12-14-23(27)24(17-20)28-16-15-19-8-6-4-7-9-19/h4,6-9,12,14,17,21,25,27H,2-3,5,10-11,13,15-16,18H2,1H3.